The fourth-order valence-electron chi connectivity index (χ4n) is 3.47. The Hall–Kier alpha value is -3.33. The molecule has 0 fully saturated rings. The number of hydrogen-bond acceptors (Lipinski definition) is 5. The minimum Gasteiger partial charge on any atom is -0.478 e. The van der Waals surface area contributed by atoms with Crippen molar-refractivity contribution in [3.8, 4) is 11.1 Å². The minimum atomic E-state index is -3.06. The number of aromatic carboxylic acids is 1. The van der Waals surface area contributed by atoms with Crippen molar-refractivity contribution in [1.82, 2.24) is 4.37 Å². The molecule has 0 spiro atoms. The van der Waals surface area contributed by atoms with Crippen molar-refractivity contribution < 1.29 is 28.2 Å². The molecular formula is C20H14F2N2O4S. The number of rotatable bonds is 5. The van der Waals surface area contributed by atoms with Crippen LogP contribution < -0.4 is 5.32 Å². The summed E-state index contributed by atoms with van der Waals surface area (Å²) in [7, 11) is 0. The number of aromatic nitrogens is 1. The molecule has 1 aromatic heterocycles. The lowest BCUT2D eigenvalue weighted by atomic mass is 9.98. The second-order valence-corrected chi connectivity index (χ2v) is 7.10. The number of ether oxygens (including phenoxy) is 1. The Balaban J connectivity index is 1.51. The number of carboxylic acid groups (broad SMARTS) is 1. The fraction of sp³-hybridized carbons (Fsp3) is 0.150. The second kappa shape index (κ2) is 7.59. The van der Waals surface area contributed by atoms with Gasteiger partial charge in [0.1, 0.15) is 22.9 Å². The Morgan fingerprint density at radius 3 is 2.24 bits per heavy atom. The summed E-state index contributed by atoms with van der Waals surface area (Å²) in [6, 6.07) is 15.6. The number of amides is 1. The molecule has 0 atom stereocenters. The average Bonchev–Trinajstić information content (AvgIpc) is 3.26. The molecule has 0 unspecified atom stereocenters. The molecular weight excluding hydrogens is 402 g/mol. The number of carbonyl (C=O) groups is 2. The molecule has 29 heavy (non-hydrogen) atoms. The summed E-state index contributed by atoms with van der Waals surface area (Å²) in [5, 5.41) is 11.1. The number of hydrogen-bond donors (Lipinski definition) is 2. The van der Waals surface area contributed by atoms with E-state index >= 15 is 0 Å². The molecule has 3 aromatic rings. The molecule has 0 bridgehead atoms. The number of nitrogens with zero attached hydrogens (tertiary/aromatic N) is 1. The van der Waals surface area contributed by atoms with Crippen LogP contribution in [0.1, 0.15) is 39.5 Å². The summed E-state index contributed by atoms with van der Waals surface area (Å²) in [4.78, 5) is 23.5. The molecule has 1 heterocycles. The van der Waals surface area contributed by atoms with Gasteiger partial charge in [0.05, 0.1) is 0 Å². The predicted octanol–water partition coefficient (Wildman–Crippen LogP) is 5.14. The van der Waals surface area contributed by atoms with Crippen LogP contribution in [-0.2, 0) is 4.74 Å². The number of carbonyl (C=O) groups excluding carboxylic acids is 1. The Morgan fingerprint density at radius 2 is 1.69 bits per heavy atom. The van der Waals surface area contributed by atoms with Gasteiger partial charge in [0.15, 0.2) is 0 Å². The zero-order chi connectivity index (χ0) is 20.5. The van der Waals surface area contributed by atoms with Gasteiger partial charge in [-0.1, -0.05) is 48.5 Å². The summed E-state index contributed by atoms with van der Waals surface area (Å²) >= 11 is 0.474. The van der Waals surface area contributed by atoms with Crippen LogP contribution in [0.25, 0.3) is 11.1 Å². The van der Waals surface area contributed by atoms with Crippen molar-refractivity contribution in [1.29, 1.82) is 0 Å². The summed E-state index contributed by atoms with van der Waals surface area (Å²) in [6.07, 6.45) is -3.99. The number of anilines is 1. The van der Waals surface area contributed by atoms with Crippen LogP contribution in [0.2, 0.25) is 0 Å². The van der Waals surface area contributed by atoms with E-state index in [-0.39, 0.29) is 17.5 Å². The molecule has 0 aliphatic heterocycles. The van der Waals surface area contributed by atoms with E-state index < -0.39 is 29.7 Å². The molecule has 0 saturated carbocycles. The first-order valence-corrected chi connectivity index (χ1v) is 9.37. The maximum Gasteiger partial charge on any atom is 0.412 e. The van der Waals surface area contributed by atoms with Crippen molar-refractivity contribution in [2.24, 2.45) is 0 Å². The molecule has 2 N–H and O–H groups in total. The molecule has 1 aliphatic carbocycles. The van der Waals surface area contributed by atoms with Crippen molar-refractivity contribution in [2.45, 2.75) is 12.3 Å². The third-order valence-corrected chi connectivity index (χ3v) is 5.48. The lowest BCUT2D eigenvalue weighted by Crippen LogP contribution is -2.18. The van der Waals surface area contributed by atoms with Crippen molar-refractivity contribution in [3.63, 3.8) is 0 Å². The molecule has 1 aliphatic rings. The molecule has 2 aromatic carbocycles. The van der Waals surface area contributed by atoms with Gasteiger partial charge in [-0.25, -0.2) is 18.4 Å². The highest BCUT2D eigenvalue weighted by molar-refractivity contribution is 7.11. The Kier molecular flexibility index (Phi) is 4.98. The first-order chi connectivity index (χ1) is 14.0. The smallest absolute Gasteiger partial charge is 0.412 e. The van der Waals surface area contributed by atoms with Gasteiger partial charge in [-0.2, -0.15) is 4.37 Å². The van der Waals surface area contributed by atoms with E-state index in [1.807, 2.05) is 48.5 Å². The van der Waals surface area contributed by atoms with E-state index in [1.54, 1.807) is 0 Å². The van der Waals surface area contributed by atoms with Gasteiger partial charge in [0.25, 0.3) is 6.43 Å². The summed E-state index contributed by atoms with van der Waals surface area (Å²) < 4.78 is 34.5. The highest BCUT2D eigenvalue weighted by Gasteiger charge is 2.30. The number of halogens is 2. The highest BCUT2D eigenvalue weighted by atomic mass is 32.1. The maximum atomic E-state index is 12.9. The standard InChI is InChI=1S/C20H14F2N2O4S/c21-17(22)16-15(19(25)26)18(29-24-16)23-20(27)28-9-14-12-7-3-1-5-10(12)11-6-2-4-8-13(11)14/h1-8,14,17H,9H2,(H,23,27)(H,25,26). The van der Waals surface area contributed by atoms with E-state index in [4.69, 9.17) is 9.84 Å². The monoisotopic (exact) mass is 416 g/mol. The summed E-state index contributed by atoms with van der Waals surface area (Å²) in [5.74, 6) is -1.77. The molecule has 1 amide bonds. The van der Waals surface area contributed by atoms with Gasteiger partial charge in [-0.05, 0) is 33.8 Å². The number of fused-ring (bicyclic) bond motifs is 3. The van der Waals surface area contributed by atoms with Crippen molar-refractivity contribution >= 4 is 28.6 Å². The predicted molar refractivity (Wildman–Crippen MR) is 103 cm³/mol. The molecule has 0 radical (unpaired) electrons. The number of nitrogens with one attached hydrogen (secondary N) is 1. The quantitative estimate of drug-likeness (QED) is 0.601. The molecule has 9 heteroatoms. The van der Waals surface area contributed by atoms with Crippen LogP contribution in [0.4, 0.5) is 18.6 Å². The van der Waals surface area contributed by atoms with Crippen LogP contribution in [-0.4, -0.2) is 28.1 Å². The Morgan fingerprint density at radius 1 is 1.10 bits per heavy atom. The van der Waals surface area contributed by atoms with E-state index in [0.29, 0.717) is 11.5 Å². The minimum absolute atomic E-state index is 0.0166. The zero-order valence-electron chi connectivity index (χ0n) is 14.8. The van der Waals surface area contributed by atoms with Crippen molar-refractivity contribution in [3.05, 3.63) is 70.9 Å². The SMILES string of the molecule is O=C(Nc1snc(C(F)F)c1C(=O)O)OCC1c2ccccc2-c2ccccc21. The molecule has 4 rings (SSSR count). The van der Waals surface area contributed by atoms with Gasteiger partial charge in [0.2, 0.25) is 0 Å². The topological polar surface area (TPSA) is 88.5 Å². The largest absolute Gasteiger partial charge is 0.478 e. The highest BCUT2D eigenvalue weighted by Crippen LogP contribution is 2.44. The third kappa shape index (κ3) is 3.44. The van der Waals surface area contributed by atoms with Gasteiger partial charge in [0, 0.05) is 5.92 Å². The summed E-state index contributed by atoms with van der Waals surface area (Å²) in [5.41, 5.74) is 2.56. The maximum absolute atomic E-state index is 12.9. The first-order valence-electron chi connectivity index (χ1n) is 8.60. The Labute approximate surface area is 167 Å². The molecule has 148 valence electrons. The van der Waals surface area contributed by atoms with Crippen LogP contribution >= 0.6 is 11.5 Å². The van der Waals surface area contributed by atoms with Gasteiger partial charge in [-0.15, -0.1) is 0 Å². The van der Waals surface area contributed by atoms with E-state index in [9.17, 15) is 18.4 Å². The van der Waals surface area contributed by atoms with Crippen LogP contribution in [0.3, 0.4) is 0 Å². The van der Waals surface area contributed by atoms with Crippen LogP contribution in [0.5, 0.6) is 0 Å². The fourth-order valence-corrected chi connectivity index (χ4v) is 4.24. The van der Waals surface area contributed by atoms with E-state index in [0.717, 1.165) is 22.3 Å². The number of benzene rings is 2. The lowest BCUT2D eigenvalue weighted by Gasteiger charge is -2.14. The van der Waals surface area contributed by atoms with Crippen LogP contribution in [0, 0.1) is 0 Å². The molecule has 0 saturated heterocycles. The van der Waals surface area contributed by atoms with Crippen LogP contribution in [0.15, 0.2) is 48.5 Å². The van der Waals surface area contributed by atoms with Gasteiger partial charge in [-0.3, -0.25) is 5.32 Å². The average molecular weight is 416 g/mol. The Bertz CT molecular complexity index is 1050. The van der Waals surface area contributed by atoms with Gasteiger partial charge >= 0.3 is 12.1 Å². The zero-order valence-corrected chi connectivity index (χ0v) is 15.6. The number of carboxylic acids is 1. The number of alkyl halides is 2. The van der Waals surface area contributed by atoms with E-state index in [1.165, 1.54) is 0 Å². The second-order valence-electron chi connectivity index (χ2n) is 6.33. The van der Waals surface area contributed by atoms with E-state index in [2.05, 4.69) is 9.69 Å². The normalized spacial score (nSPS) is 12.5. The third-order valence-electron chi connectivity index (χ3n) is 4.70. The van der Waals surface area contributed by atoms with Crippen molar-refractivity contribution in [2.75, 3.05) is 11.9 Å². The molecule has 6 nitrogen and oxygen atoms in total. The van der Waals surface area contributed by atoms with Gasteiger partial charge < -0.3 is 9.84 Å². The first kappa shape index (κ1) is 19.0. The lowest BCUT2D eigenvalue weighted by molar-refractivity contribution is 0.0685. The summed E-state index contributed by atoms with van der Waals surface area (Å²) in [6.45, 7) is 0.0166.